The first-order chi connectivity index (χ1) is 22.4. The molecule has 6 aromatic rings. The molecule has 46 heavy (non-hydrogen) atoms. The van der Waals surface area contributed by atoms with E-state index in [0.29, 0.717) is 22.5 Å². The predicted octanol–water partition coefficient (Wildman–Crippen LogP) is 9.27. The SMILES string of the molecule is O=P1(O)C2=C(c3ccc(N(c4ccccc4)c4ccccc4)cc31)P(=O)(O)c1cc(N(c3ccccc3)c3ccccc3)ccc12. The third-order valence-electron chi connectivity index (χ3n) is 8.53. The molecule has 224 valence electrons. The molecule has 6 aromatic carbocycles. The molecule has 0 amide bonds. The second kappa shape index (κ2) is 10.8. The molecule has 0 aliphatic carbocycles. The molecule has 2 atom stereocenters. The summed E-state index contributed by atoms with van der Waals surface area (Å²) in [5.41, 5.74) is 5.57. The maximum Gasteiger partial charge on any atom is 0.260 e. The van der Waals surface area contributed by atoms with Crippen LogP contribution in [0.25, 0.3) is 10.6 Å². The Balaban J connectivity index is 1.24. The number of para-hydroxylation sites is 4. The van der Waals surface area contributed by atoms with Gasteiger partial charge in [0.25, 0.3) is 14.7 Å². The minimum atomic E-state index is -4.25. The number of fused-ring (bicyclic) bond motifs is 4. The number of hydrogen-bond acceptors (Lipinski definition) is 4. The van der Waals surface area contributed by atoms with Gasteiger partial charge in [0.1, 0.15) is 0 Å². The Hall–Kier alpha value is -4.96. The largest absolute Gasteiger partial charge is 0.338 e. The molecular formula is C38H28N2O4P2. The van der Waals surface area contributed by atoms with E-state index in [-0.39, 0.29) is 21.2 Å². The van der Waals surface area contributed by atoms with E-state index < -0.39 is 14.7 Å². The van der Waals surface area contributed by atoms with E-state index in [0.717, 1.165) is 22.7 Å². The van der Waals surface area contributed by atoms with Gasteiger partial charge >= 0.3 is 0 Å². The molecule has 0 bridgehead atoms. The first-order valence-corrected chi connectivity index (χ1v) is 18.2. The standard InChI is InChI=1S/C38H28N2O4P2/c41-45(42)35-25-31(39(27-13-5-1-6-14-27)28-15-7-2-8-16-28)21-23-33(35)37-38(45)34-24-22-32(26-36(34)46(37,43)44)40(29-17-9-3-10-18-29)30-19-11-4-12-20-30/h1-26H,(H,41,42)(H,43,44). The van der Waals surface area contributed by atoms with Crippen LogP contribution in [0.5, 0.6) is 0 Å². The molecule has 0 saturated carbocycles. The highest BCUT2D eigenvalue weighted by Gasteiger charge is 2.53. The molecule has 0 spiro atoms. The van der Waals surface area contributed by atoms with Gasteiger partial charge in [-0.2, -0.15) is 0 Å². The summed E-state index contributed by atoms with van der Waals surface area (Å²) in [6.07, 6.45) is 0. The molecule has 6 nitrogen and oxygen atoms in total. The van der Waals surface area contributed by atoms with Crippen molar-refractivity contribution in [2.45, 2.75) is 0 Å². The van der Waals surface area contributed by atoms with Crippen molar-refractivity contribution in [3.63, 3.8) is 0 Å². The first kappa shape index (κ1) is 28.5. The smallest absolute Gasteiger partial charge is 0.260 e. The van der Waals surface area contributed by atoms with E-state index in [2.05, 4.69) is 0 Å². The van der Waals surface area contributed by atoms with Crippen LogP contribution in [0.3, 0.4) is 0 Å². The second-order valence-electron chi connectivity index (χ2n) is 11.3. The normalized spacial score (nSPS) is 19.3. The topological polar surface area (TPSA) is 81.1 Å². The van der Waals surface area contributed by atoms with Gasteiger partial charge in [-0.15, -0.1) is 0 Å². The van der Waals surface area contributed by atoms with Crippen molar-refractivity contribution >= 4 is 70.1 Å². The Morgan fingerprint density at radius 2 is 0.652 bits per heavy atom. The summed E-state index contributed by atoms with van der Waals surface area (Å²) < 4.78 is 28.9. The van der Waals surface area contributed by atoms with Crippen LogP contribution in [-0.2, 0) is 9.13 Å². The molecule has 0 fully saturated rings. The van der Waals surface area contributed by atoms with Gasteiger partial charge in [0, 0.05) is 45.3 Å². The molecule has 8 rings (SSSR count). The van der Waals surface area contributed by atoms with E-state index in [4.69, 9.17) is 0 Å². The lowest BCUT2D eigenvalue weighted by atomic mass is 10.1. The fourth-order valence-electron chi connectivity index (χ4n) is 6.53. The zero-order valence-electron chi connectivity index (χ0n) is 24.5. The number of hydrogen-bond donors (Lipinski definition) is 2. The van der Waals surface area contributed by atoms with Crippen LogP contribution in [0.1, 0.15) is 11.1 Å². The van der Waals surface area contributed by atoms with Crippen molar-refractivity contribution in [3.05, 3.63) is 169 Å². The first-order valence-electron chi connectivity index (χ1n) is 14.9. The second-order valence-corrected chi connectivity index (χ2v) is 15.4. The predicted molar refractivity (Wildman–Crippen MR) is 188 cm³/mol. The number of benzene rings is 6. The minimum absolute atomic E-state index is 0.0592. The molecular weight excluding hydrogens is 610 g/mol. The lowest BCUT2D eigenvalue weighted by Crippen LogP contribution is -2.17. The highest BCUT2D eigenvalue weighted by atomic mass is 31.2. The van der Waals surface area contributed by atoms with Gasteiger partial charge in [0.2, 0.25) is 0 Å². The zero-order chi connectivity index (χ0) is 31.5. The Morgan fingerprint density at radius 1 is 0.370 bits per heavy atom. The van der Waals surface area contributed by atoms with Crippen molar-refractivity contribution < 1.29 is 18.9 Å². The molecule has 8 heteroatoms. The third-order valence-corrected chi connectivity index (χ3v) is 12.9. The summed E-state index contributed by atoms with van der Waals surface area (Å²) in [7, 11) is -8.49. The maximum atomic E-state index is 14.4. The van der Waals surface area contributed by atoms with Crippen LogP contribution < -0.4 is 20.4 Å². The Kier molecular flexibility index (Phi) is 6.72. The summed E-state index contributed by atoms with van der Waals surface area (Å²) >= 11 is 0. The number of nitrogens with zero attached hydrogens (tertiary/aromatic N) is 2. The average Bonchev–Trinajstić information content (AvgIpc) is 3.48. The Morgan fingerprint density at radius 3 is 0.935 bits per heavy atom. The summed E-state index contributed by atoms with van der Waals surface area (Å²) in [6, 6.07) is 49.5. The van der Waals surface area contributed by atoms with Crippen molar-refractivity contribution in [1.82, 2.24) is 0 Å². The van der Waals surface area contributed by atoms with E-state index >= 15 is 0 Å². The highest BCUT2D eigenvalue weighted by molar-refractivity contribution is 7.85. The molecule has 2 N–H and O–H groups in total. The van der Waals surface area contributed by atoms with Crippen LogP contribution in [0.2, 0.25) is 0 Å². The van der Waals surface area contributed by atoms with Crippen LogP contribution >= 0.6 is 14.7 Å². The van der Waals surface area contributed by atoms with E-state index in [9.17, 15) is 18.9 Å². The van der Waals surface area contributed by atoms with E-state index in [1.165, 1.54) is 0 Å². The third kappa shape index (κ3) is 4.42. The van der Waals surface area contributed by atoms with Crippen LogP contribution in [0, 0.1) is 0 Å². The number of anilines is 6. The monoisotopic (exact) mass is 638 g/mol. The summed E-state index contributed by atoms with van der Waals surface area (Å²) in [5.74, 6) is 0. The summed E-state index contributed by atoms with van der Waals surface area (Å²) in [6.45, 7) is 0. The highest BCUT2D eigenvalue weighted by Crippen LogP contribution is 2.75. The lowest BCUT2D eigenvalue weighted by molar-refractivity contribution is 0.500. The van der Waals surface area contributed by atoms with Crippen molar-refractivity contribution in [2.75, 3.05) is 9.80 Å². The molecule has 0 aromatic heterocycles. The van der Waals surface area contributed by atoms with Gasteiger partial charge < -0.3 is 19.6 Å². The summed E-state index contributed by atoms with van der Waals surface area (Å²) in [5, 5.41) is 0.463. The van der Waals surface area contributed by atoms with Gasteiger partial charge in [-0.05, 0) is 72.8 Å². The molecule has 2 heterocycles. The van der Waals surface area contributed by atoms with E-state index in [1.807, 2.05) is 143 Å². The molecule has 2 aliphatic heterocycles. The van der Waals surface area contributed by atoms with Crippen molar-refractivity contribution in [2.24, 2.45) is 0 Å². The molecule has 2 aliphatic rings. The Bertz CT molecular complexity index is 2000. The fourth-order valence-corrected chi connectivity index (χ4v) is 11.5. The van der Waals surface area contributed by atoms with Crippen LogP contribution in [-0.4, -0.2) is 9.79 Å². The van der Waals surface area contributed by atoms with Crippen molar-refractivity contribution in [1.29, 1.82) is 0 Å². The average molecular weight is 639 g/mol. The zero-order valence-corrected chi connectivity index (χ0v) is 26.3. The van der Waals surface area contributed by atoms with Gasteiger partial charge in [-0.1, -0.05) is 84.9 Å². The molecule has 2 unspecified atom stereocenters. The van der Waals surface area contributed by atoms with Crippen LogP contribution in [0.15, 0.2) is 158 Å². The van der Waals surface area contributed by atoms with Gasteiger partial charge in [0.15, 0.2) is 0 Å². The fraction of sp³-hybridized carbons (Fsp3) is 0. The van der Waals surface area contributed by atoms with Gasteiger partial charge in [-0.25, -0.2) is 0 Å². The molecule has 0 radical (unpaired) electrons. The maximum absolute atomic E-state index is 14.4. The van der Waals surface area contributed by atoms with Crippen molar-refractivity contribution in [3.8, 4) is 0 Å². The number of rotatable bonds is 6. The van der Waals surface area contributed by atoms with E-state index in [1.54, 1.807) is 24.3 Å². The van der Waals surface area contributed by atoms with Gasteiger partial charge in [0.05, 0.1) is 21.2 Å². The lowest BCUT2D eigenvalue weighted by Gasteiger charge is -2.27. The summed E-state index contributed by atoms with van der Waals surface area (Å²) in [4.78, 5) is 27.6. The quantitative estimate of drug-likeness (QED) is 0.177. The minimum Gasteiger partial charge on any atom is -0.338 e. The van der Waals surface area contributed by atoms with Gasteiger partial charge in [-0.3, -0.25) is 9.13 Å². The van der Waals surface area contributed by atoms with Crippen LogP contribution in [0.4, 0.5) is 34.1 Å². The Labute approximate surface area is 267 Å². The molecule has 0 saturated heterocycles.